The van der Waals surface area contributed by atoms with Gasteiger partial charge in [0.25, 0.3) is 0 Å². The zero-order valence-corrected chi connectivity index (χ0v) is 27.5. The number of hydrogen-bond donors (Lipinski definition) is 0. The van der Waals surface area contributed by atoms with Crippen molar-refractivity contribution in [1.29, 1.82) is 5.26 Å². The summed E-state index contributed by atoms with van der Waals surface area (Å²) >= 11 is 1.83. The van der Waals surface area contributed by atoms with Crippen LogP contribution in [0.4, 0.5) is 0 Å². The zero-order chi connectivity index (χ0) is 33.2. The van der Waals surface area contributed by atoms with Gasteiger partial charge in [-0.15, -0.1) is 0 Å². The van der Waals surface area contributed by atoms with Gasteiger partial charge in [0.2, 0.25) is 0 Å². The van der Waals surface area contributed by atoms with Gasteiger partial charge in [-0.3, -0.25) is 0 Å². The molecule has 0 saturated carbocycles. The predicted octanol–water partition coefficient (Wildman–Crippen LogP) is 10.7. The maximum Gasteiger partial charge on any atom is 0.164 e. The molecule has 0 saturated heterocycles. The number of hydrogen-bond acceptors (Lipinski definition) is 5. The first-order valence-electron chi connectivity index (χ1n) is 16.6. The molecule has 50 heavy (non-hydrogen) atoms. The summed E-state index contributed by atoms with van der Waals surface area (Å²) in [5.74, 6) is 1.90. The van der Waals surface area contributed by atoms with Crippen LogP contribution in [-0.4, -0.2) is 15.0 Å². The fourth-order valence-corrected chi connectivity index (χ4v) is 8.98. The molecule has 7 aromatic carbocycles. The zero-order valence-electron chi connectivity index (χ0n) is 26.7. The van der Waals surface area contributed by atoms with E-state index in [1.807, 2.05) is 84.6 Å². The summed E-state index contributed by atoms with van der Waals surface area (Å²) in [7, 11) is 0. The van der Waals surface area contributed by atoms with Gasteiger partial charge in [-0.25, -0.2) is 15.0 Å². The van der Waals surface area contributed by atoms with E-state index < -0.39 is 5.41 Å². The van der Waals surface area contributed by atoms with Crippen LogP contribution in [0.25, 0.3) is 56.1 Å². The molecule has 232 valence electrons. The van der Waals surface area contributed by atoms with Crippen molar-refractivity contribution in [2.45, 2.75) is 15.2 Å². The van der Waals surface area contributed by atoms with Crippen LogP contribution >= 0.6 is 11.8 Å². The van der Waals surface area contributed by atoms with Gasteiger partial charge in [0.1, 0.15) is 0 Å². The fraction of sp³-hybridized carbons (Fsp3) is 0.0222. The van der Waals surface area contributed by atoms with Crippen LogP contribution in [0.1, 0.15) is 27.8 Å². The number of nitriles is 1. The maximum absolute atomic E-state index is 9.79. The molecule has 4 nitrogen and oxygen atoms in total. The first kappa shape index (κ1) is 28.6. The lowest BCUT2D eigenvalue weighted by Gasteiger charge is -2.39. The minimum Gasteiger partial charge on any atom is -0.208 e. The van der Waals surface area contributed by atoms with Gasteiger partial charge in [-0.1, -0.05) is 127 Å². The van der Waals surface area contributed by atoms with Crippen LogP contribution in [0.5, 0.6) is 0 Å². The molecule has 0 atom stereocenters. The van der Waals surface area contributed by atoms with Gasteiger partial charge in [0.05, 0.1) is 17.0 Å². The highest BCUT2D eigenvalue weighted by molar-refractivity contribution is 7.99. The van der Waals surface area contributed by atoms with Crippen LogP contribution < -0.4 is 0 Å². The monoisotopic (exact) mass is 654 g/mol. The minimum atomic E-state index is -0.590. The normalized spacial score (nSPS) is 13.3. The topological polar surface area (TPSA) is 62.5 Å². The Morgan fingerprint density at radius 3 is 1.62 bits per heavy atom. The average Bonchev–Trinajstić information content (AvgIpc) is 3.46. The molecule has 10 rings (SSSR count). The summed E-state index contributed by atoms with van der Waals surface area (Å²) < 4.78 is 0. The van der Waals surface area contributed by atoms with Crippen LogP contribution in [0.15, 0.2) is 168 Å². The Morgan fingerprint density at radius 1 is 0.440 bits per heavy atom. The van der Waals surface area contributed by atoms with Crippen molar-refractivity contribution >= 4 is 22.5 Å². The van der Waals surface area contributed by atoms with E-state index in [0.717, 1.165) is 27.5 Å². The molecule has 1 aliphatic heterocycles. The van der Waals surface area contributed by atoms with E-state index in [1.54, 1.807) is 0 Å². The van der Waals surface area contributed by atoms with E-state index in [-0.39, 0.29) is 0 Å². The van der Waals surface area contributed by atoms with Crippen molar-refractivity contribution < 1.29 is 0 Å². The molecule has 2 aliphatic rings. The third-order valence-electron chi connectivity index (χ3n) is 9.98. The molecule has 1 aliphatic carbocycles. The summed E-state index contributed by atoms with van der Waals surface area (Å²) in [6, 6.07) is 57.4. The number of aromatic nitrogens is 3. The average molecular weight is 655 g/mol. The second kappa shape index (κ2) is 11.1. The van der Waals surface area contributed by atoms with Crippen molar-refractivity contribution in [3.63, 3.8) is 0 Å². The third-order valence-corrected chi connectivity index (χ3v) is 11.1. The van der Waals surface area contributed by atoms with E-state index in [0.29, 0.717) is 23.0 Å². The fourth-order valence-electron chi connectivity index (χ4n) is 7.79. The third kappa shape index (κ3) is 4.22. The molecule has 0 unspecified atom stereocenters. The first-order chi connectivity index (χ1) is 24.7. The molecule has 0 amide bonds. The van der Waals surface area contributed by atoms with Gasteiger partial charge in [-0.2, -0.15) is 5.26 Å². The second-order valence-corrected chi connectivity index (χ2v) is 13.8. The molecule has 1 spiro atoms. The van der Waals surface area contributed by atoms with Crippen molar-refractivity contribution in [1.82, 2.24) is 15.0 Å². The van der Waals surface area contributed by atoms with Gasteiger partial charge in [-0.05, 0) is 86.6 Å². The standard InChI is InChI=1S/C45H26N4S/c46-27-28-19-20-31-24-35-34-22-21-32(44-48-42(29-11-3-1-4-12-29)47-43(49-44)30-13-5-2-6-14-30)25-38(34)45(39(35)26-33(31)23-28)36-15-7-9-17-40(36)50-41-18-10-8-16-37(41)45/h1-26H. The number of nitrogens with zero attached hydrogens (tertiary/aromatic N) is 4. The Morgan fingerprint density at radius 2 is 1.00 bits per heavy atom. The lowest BCUT2D eigenvalue weighted by atomic mass is 9.67. The van der Waals surface area contributed by atoms with Gasteiger partial charge < -0.3 is 0 Å². The molecule has 5 heteroatoms. The molecule has 0 fully saturated rings. The van der Waals surface area contributed by atoms with Gasteiger partial charge >= 0.3 is 0 Å². The highest BCUT2D eigenvalue weighted by atomic mass is 32.2. The van der Waals surface area contributed by atoms with Crippen LogP contribution in [0.3, 0.4) is 0 Å². The highest BCUT2D eigenvalue weighted by Crippen LogP contribution is 2.62. The van der Waals surface area contributed by atoms with Crippen LogP contribution in [0, 0.1) is 11.3 Å². The van der Waals surface area contributed by atoms with Crippen LogP contribution in [-0.2, 0) is 5.41 Å². The number of fused-ring (bicyclic) bond motifs is 10. The minimum absolute atomic E-state index is 0.590. The molecule has 0 N–H and O–H groups in total. The molecular formula is C45H26N4S. The van der Waals surface area contributed by atoms with Gasteiger partial charge in [0, 0.05) is 26.5 Å². The predicted molar refractivity (Wildman–Crippen MR) is 200 cm³/mol. The summed E-state index contributed by atoms with van der Waals surface area (Å²) in [5, 5.41) is 12.0. The summed E-state index contributed by atoms with van der Waals surface area (Å²) in [5.41, 5.74) is 10.2. The molecule has 0 bridgehead atoms. The van der Waals surface area contributed by atoms with E-state index in [1.165, 1.54) is 43.2 Å². The van der Waals surface area contributed by atoms with Crippen molar-refractivity contribution in [3.8, 4) is 51.4 Å². The summed E-state index contributed by atoms with van der Waals surface area (Å²) in [4.78, 5) is 17.6. The van der Waals surface area contributed by atoms with Crippen molar-refractivity contribution in [2.24, 2.45) is 0 Å². The van der Waals surface area contributed by atoms with Crippen molar-refractivity contribution in [2.75, 3.05) is 0 Å². The molecular weight excluding hydrogens is 629 g/mol. The van der Waals surface area contributed by atoms with E-state index in [4.69, 9.17) is 15.0 Å². The summed E-state index contributed by atoms with van der Waals surface area (Å²) in [6.45, 7) is 0. The number of benzene rings is 7. The first-order valence-corrected chi connectivity index (χ1v) is 17.4. The molecule has 8 aromatic rings. The van der Waals surface area contributed by atoms with E-state index in [9.17, 15) is 5.26 Å². The number of rotatable bonds is 3. The molecule has 1 aromatic heterocycles. The maximum atomic E-state index is 9.79. The highest BCUT2D eigenvalue weighted by Gasteiger charge is 2.50. The Labute approximate surface area is 293 Å². The SMILES string of the molecule is N#Cc1ccc2cc3c(cc2c1)C1(c2ccccc2Sc2ccccc21)c1cc(-c2nc(-c4ccccc4)nc(-c4ccccc4)n2)ccc1-3. The lowest BCUT2D eigenvalue weighted by Crippen LogP contribution is -2.32. The largest absolute Gasteiger partial charge is 0.208 e. The Hall–Kier alpha value is -6.35. The van der Waals surface area contributed by atoms with Crippen LogP contribution in [0.2, 0.25) is 0 Å². The summed E-state index contributed by atoms with van der Waals surface area (Å²) in [6.07, 6.45) is 0. The Kier molecular flexibility index (Phi) is 6.36. The second-order valence-electron chi connectivity index (χ2n) is 12.7. The Bertz CT molecular complexity index is 2590. The molecule has 2 heterocycles. The smallest absolute Gasteiger partial charge is 0.164 e. The Balaban J connectivity index is 1.28. The van der Waals surface area contributed by atoms with E-state index >= 15 is 0 Å². The lowest BCUT2D eigenvalue weighted by molar-refractivity contribution is 0.723. The van der Waals surface area contributed by atoms with E-state index in [2.05, 4.69) is 91.0 Å². The van der Waals surface area contributed by atoms with Crippen molar-refractivity contribution in [3.05, 3.63) is 186 Å². The van der Waals surface area contributed by atoms with Gasteiger partial charge in [0.15, 0.2) is 17.5 Å². The molecule has 0 radical (unpaired) electrons. The quantitative estimate of drug-likeness (QED) is 0.190.